The molecule has 2 aromatic rings. The summed E-state index contributed by atoms with van der Waals surface area (Å²) in [6, 6.07) is 14.1. The van der Waals surface area contributed by atoms with Gasteiger partial charge in [-0.2, -0.15) is 0 Å². The normalized spacial score (nSPS) is 17.1. The Kier molecular flexibility index (Phi) is 5.93. The average molecular weight is 381 g/mol. The molecular formula is C23H24FNO3. The Morgan fingerprint density at radius 3 is 2.50 bits per heavy atom. The van der Waals surface area contributed by atoms with Crippen molar-refractivity contribution in [1.29, 1.82) is 0 Å². The van der Waals surface area contributed by atoms with Gasteiger partial charge in [-0.15, -0.1) is 0 Å². The van der Waals surface area contributed by atoms with Crippen LogP contribution in [0, 0.1) is 12.7 Å². The maximum Gasteiger partial charge on any atom is 0.336 e. The highest BCUT2D eigenvalue weighted by Crippen LogP contribution is 2.38. The molecule has 3 rings (SSSR count). The summed E-state index contributed by atoms with van der Waals surface area (Å²) in [6.07, 6.45) is 0.0261. The number of carbonyl (C=O) groups excluding carboxylic acids is 2. The van der Waals surface area contributed by atoms with Crippen LogP contribution < -0.4 is 0 Å². The summed E-state index contributed by atoms with van der Waals surface area (Å²) < 4.78 is 19.7. The van der Waals surface area contributed by atoms with Crippen molar-refractivity contribution in [3.8, 4) is 0 Å². The predicted molar refractivity (Wildman–Crippen MR) is 105 cm³/mol. The first-order chi connectivity index (χ1) is 13.4. The van der Waals surface area contributed by atoms with E-state index < -0.39 is 17.7 Å². The summed E-state index contributed by atoms with van der Waals surface area (Å²) in [7, 11) is 0. The molecule has 0 aliphatic carbocycles. The zero-order valence-corrected chi connectivity index (χ0v) is 16.4. The fourth-order valence-corrected chi connectivity index (χ4v) is 3.66. The zero-order chi connectivity index (χ0) is 20.3. The predicted octanol–water partition coefficient (Wildman–Crippen LogP) is 4.49. The molecule has 146 valence electrons. The van der Waals surface area contributed by atoms with E-state index in [2.05, 4.69) is 0 Å². The Morgan fingerprint density at radius 1 is 1.14 bits per heavy atom. The molecule has 28 heavy (non-hydrogen) atoms. The first kappa shape index (κ1) is 19.8. The third-order valence-electron chi connectivity index (χ3n) is 5.19. The lowest BCUT2D eigenvalue weighted by atomic mass is 9.83. The highest BCUT2D eigenvalue weighted by atomic mass is 19.1. The van der Waals surface area contributed by atoms with Gasteiger partial charge in [0.15, 0.2) is 0 Å². The van der Waals surface area contributed by atoms with Gasteiger partial charge < -0.3 is 9.64 Å². The minimum atomic E-state index is -0.652. The molecule has 2 aromatic carbocycles. The van der Waals surface area contributed by atoms with Crippen molar-refractivity contribution in [2.75, 3.05) is 6.61 Å². The summed E-state index contributed by atoms with van der Waals surface area (Å²) in [5.41, 5.74) is 3.28. The number of halogens is 1. The van der Waals surface area contributed by atoms with Crippen LogP contribution in [0.25, 0.3) is 0 Å². The van der Waals surface area contributed by atoms with Crippen molar-refractivity contribution < 1.29 is 18.7 Å². The Balaban J connectivity index is 2.07. The first-order valence-corrected chi connectivity index (χ1v) is 9.41. The van der Waals surface area contributed by atoms with Crippen molar-refractivity contribution >= 4 is 11.9 Å². The van der Waals surface area contributed by atoms with E-state index in [0.717, 1.165) is 11.1 Å². The van der Waals surface area contributed by atoms with E-state index in [0.29, 0.717) is 23.4 Å². The molecule has 1 amide bonds. The quantitative estimate of drug-likeness (QED) is 0.717. The van der Waals surface area contributed by atoms with E-state index in [1.807, 2.05) is 31.2 Å². The van der Waals surface area contributed by atoms with Gasteiger partial charge in [0.2, 0.25) is 5.91 Å². The van der Waals surface area contributed by atoms with Crippen LogP contribution in [-0.2, 0) is 20.9 Å². The van der Waals surface area contributed by atoms with Crippen LogP contribution >= 0.6 is 0 Å². The summed E-state index contributed by atoms with van der Waals surface area (Å²) in [4.78, 5) is 27.3. The Labute approximate surface area is 164 Å². The Hall–Kier alpha value is -2.95. The fraction of sp³-hybridized carbons (Fsp3) is 0.304. The number of allylic oxidation sites excluding steroid dienone is 1. The molecule has 0 aromatic heterocycles. The number of esters is 1. The van der Waals surface area contributed by atoms with Crippen molar-refractivity contribution in [3.63, 3.8) is 0 Å². The first-order valence-electron chi connectivity index (χ1n) is 9.41. The second kappa shape index (κ2) is 8.38. The molecule has 0 bridgehead atoms. The number of amides is 1. The van der Waals surface area contributed by atoms with Gasteiger partial charge in [-0.3, -0.25) is 4.79 Å². The van der Waals surface area contributed by atoms with Gasteiger partial charge in [0.1, 0.15) is 5.82 Å². The number of hydrogen-bond acceptors (Lipinski definition) is 3. The van der Waals surface area contributed by atoms with Crippen LogP contribution in [0.3, 0.4) is 0 Å². The number of ether oxygens (including phenoxy) is 1. The monoisotopic (exact) mass is 381 g/mol. The fourth-order valence-electron chi connectivity index (χ4n) is 3.66. The lowest BCUT2D eigenvalue weighted by Gasteiger charge is -2.35. The van der Waals surface area contributed by atoms with Gasteiger partial charge in [0.05, 0.1) is 18.7 Å². The maximum atomic E-state index is 14.4. The molecule has 0 fully saturated rings. The van der Waals surface area contributed by atoms with Crippen molar-refractivity contribution in [2.45, 2.75) is 39.7 Å². The molecule has 0 saturated heterocycles. The smallest absolute Gasteiger partial charge is 0.336 e. The van der Waals surface area contributed by atoms with E-state index in [4.69, 9.17) is 4.74 Å². The van der Waals surface area contributed by atoms with Crippen LogP contribution in [0.4, 0.5) is 4.39 Å². The standard InChI is InChI=1S/C23H24FNO3/c1-4-28-23(27)22-16(3)25(14-17-10-6-5-9-15(17)2)21(26)13-19(22)18-11-7-8-12-20(18)24/h5-12,19H,4,13-14H2,1-3H3/t19-/m1/s1. The molecule has 0 N–H and O–H groups in total. The molecule has 0 saturated carbocycles. The van der Waals surface area contributed by atoms with Gasteiger partial charge in [-0.1, -0.05) is 42.5 Å². The van der Waals surface area contributed by atoms with Crippen LogP contribution in [0.2, 0.25) is 0 Å². The third-order valence-corrected chi connectivity index (χ3v) is 5.19. The number of hydrogen-bond donors (Lipinski definition) is 0. The van der Waals surface area contributed by atoms with Crippen LogP contribution in [0.15, 0.2) is 59.8 Å². The molecular weight excluding hydrogens is 357 g/mol. The van der Waals surface area contributed by atoms with Crippen molar-refractivity contribution in [1.82, 2.24) is 4.90 Å². The van der Waals surface area contributed by atoms with E-state index in [-0.39, 0.29) is 18.9 Å². The average Bonchev–Trinajstić information content (AvgIpc) is 2.66. The number of benzene rings is 2. The number of carbonyl (C=O) groups is 2. The minimum Gasteiger partial charge on any atom is -0.463 e. The highest BCUT2D eigenvalue weighted by Gasteiger charge is 2.38. The SMILES string of the molecule is CCOC(=O)C1=C(C)N(Cc2ccccc2C)C(=O)C[C@@H]1c1ccccc1F. The van der Waals surface area contributed by atoms with Gasteiger partial charge >= 0.3 is 5.97 Å². The number of aryl methyl sites for hydroxylation is 1. The second-order valence-corrected chi connectivity index (χ2v) is 6.90. The van der Waals surface area contributed by atoms with Crippen LogP contribution in [0.5, 0.6) is 0 Å². The van der Waals surface area contributed by atoms with Gasteiger partial charge in [-0.25, -0.2) is 9.18 Å². The van der Waals surface area contributed by atoms with Crippen LogP contribution in [0.1, 0.15) is 42.9 Å². The molecule has 0 spiro atoms. The lowest BCUT2D eigenvalue weighted by Crippen LogP contribution is -2.38. The van der Waals surface area contributed by atoms with Gasteiger partial charge in [-0.05, 0) is 43.5 Å². The minimum absolute atomic E-state index is 0.0261. The molecule has 0 unspecified atom stereocenters. The summed E-state index contributed by atoms with van der Waals surface area (Å²) in [6.45, 7) is 6.02. The number of rotatable bonds is 5. The zero-order valence-electron chi connectivity index (χ0n) is 16.4. The van der Waals surface area contributed by atoms with Gasteiger partial charge in [0, 0.05) is 18.0 Å². The summed E-state index contributed by atoms with van der Waals surface area (Å²) >= 11 is 0. The summed E-state index contributed by atoms with van der Waals surface area (Å²) in [5, 5.41) is 0. The van der Waals surface area contributed by atoms with E-state index >= 15 is 0 Å². The molecule has 1 heterocycles. The molecule has 1 aliphatic heterocycles. The Morgan fingerprint density at radius 2 is 1.82 bits per heavy atom. The molecule has 0 radical (unpaired) electrons. The third kappa shape index (κ3) is 3.84. The second-order valence-electron chi connectivity index (χ2n) is 6.90. The molecule has 4 nitrogen and oxygen atoms in total. The topological polar surface area (TPSA) is 46.6 Å². The van der Waals surface area contributed by atoms with Crippen molar-refractivity contribution in [3.05, 3.63) is 82.3 Å². The van der Waals surface area contributed by atoms with E-state index in [1.54, 1.807) is 36.9 Å². The Bertz CT molecular complexity index is 935. The van der Waals surface area contributed by atoms with E-state index in [9.17, 15) is 14.0 Å². The number of nitrogens with zero attached hydrogens (tertiary/aromatic N) is 1. The van der Waals surface area contributed by atoms with Crippen molar-refractivity contribution in [2.24, 2.45) is 0 Å². The van der Waals surface area contributed by atoms with Gasteiger partial charge in [0.25, 0.3) is 0 Å². The molecule has 1 aliphatic rings. The molecule has 1 atom stereocenters. The largest absolute Gasteiger partial charge is 0.463 e. The highest BCUT2D eigenvalue weighted by molar-refractivity contribution is 5.95. The van der Waals surface area contributed by atoms with E-state index in [1.165, 1.54) is 6.07 Å². The summed E-state index contributed by atoms with van der Waals surface area (Å²) in [5.74, 6) is -1.72. The molecule has 5 heteroatoms. The lowest BCUT2D eigenvalue weighted by molar-refractivity contribution is -0.140. The maximum absolute atomic E-state index is 14.4. The van der Waals surface area contributed by atoms with Crippen LogP contribution in [-0.4, -0.2) is 23.4 Å².